The molecule has 0 bridgehead atoms. The lowest BCUT2D eigenvalue weighted by Gasteiger charge is -2.18. The number of fused-ring (bicyclic) bond motifs is 2. The van der Waals surface area contributed by atoms with Crippen LogP contribution in [0.25, 0.3) is 0 Å². The van der Waals surface area contributed by atoms with Crippen LogP contribution in [0.1, 0.15) is 42.1 Å². The molecule has 1 amide bonds. The molecule has 1 unspecified atom stereocenters. The minimum absolute atomic E-state index is 0.0523. The third kappa shape index (κ3) is 3.08. The summed E-state index contributed by atoms with van der Waals surface area (Å²) in [4.78, 5) is 34.2. The van der Waals surface area contributed by atoms with Crippen molar-refractivity contribution >= 4 is 23.5 Å². The minimum atomic E-state index is -0.142. The van der Waals surface area contributed by atoms with Gasteiger partial charge in [-0.15, -0.1) is 0 Å². The first-order valence-electron chi connectivity index (χ1n) is 8.62. The van der Waals surface area contributed by atoms with Gasteiger partial charge in [0.15, 0.2) is 5.16 Å². The Bertz CT molecular complexity index is 893. The molecule has 0 aromatic carbocycles. The highest BCUT2D eigenvalue weighted by Gasteiger charge is 2.30. The summed E-state index contributed by atoms with van der Waals surface area (Å²) in [6, 6.07) is 3.60. The van der Waals surface area contributed by atoms with Crippen molar-refractivity contribution in [3.05, 3.63) is 45.5 Å². The van der Waals surface area contributed by atoms with Crippen LogP contribution in [0.5, 0.6) is 0 Å². The van der Waals surface area contributed by atoms with Crippen molar-refractivity contribution in [2.75, 3.05) is 11.1 Å². The molecule has 1 aliphatic carbocycles. The molecule has 0 spiro atoms. The van der Waals surface area contributed by atoms with Crippen LogP contribution in [0.15, 0.2) is 28.3 Å². The van der Waals surface area contributed by atoms with Crippen LogP contribution in [0.4, 0.5) is 5.82 Å². The number of pyridine rings is 1. The number of nitrogens with one attached hydrogen (secondary N) is 1. The van der Waals surface area contributed by atoms with Crippen molar-refractivity contribution in [2.24, 2.45) is 0 Å². The lowest BCUT2D eigenvalue weighted by atomic mass is 9.97. The van der Waals surface area contributed by atoms with E-state index in [9.17, 15) is 9.59 Å². The van der Waals surface area contributed by atoms with Gasteiger partial charge < -0.3 is 5.32 Å². The highest BCUT2D eigenvalue weighted by molar-refractivity contribution is 7.99. The summed E-state index contributed by atoms with van der Waals surface area (Å²) in [7, 11) is 0. The Kier molecular flexibility index (Phi) is 4.33. The zero-order chi connectivity index (χ0) is 17.4. The van der Waals surface area contributed by atoms with Gasteiger partial charge in [0.1, 0.15) is 5.82 Å². The number of thioether (sulfide) groups is 1. The molecule has 2 aliphatic rings. The standard InChI is InChI=1S/C18H20N4O2S/c1-11-5-4-8-19-16(11)21-15(23)9-12-10-25-18-20-14-7-3-2-6-13(14)17(24)22(12)18/h4-5,8,12H,2-3,6-7,9-10H2,1H3,(H,19,21,23). The van der Waals surface area contributed by atoms with Crippen molar-refractivity contribution in [1.29, 1.82) is 0 Å². The average Bonchev–Trinajstić information content (AvgIpc) is 3.00. The molecule has 1 atom stereocenters. The molecule has 0 fully saturated rings. The SMILES string of the molecule is Cc1cccnc1NC(=O)CC1CSc2nc3c(c(=O)n21)CCCC3. The molecule has 130 valence electrons. The predicted octanol–water partition coefficient (Wildman–Crippen LogP) is 2.50. The number of aryl methyl sites for hydroxylation is 2. The molecular weight excluding hydrogens is 336 g/mol. The fourth-order valence-corrected chi connectivity index (χ4v) is 4.63. The van der Waals surface area contributed by atoms with E-state index < -0.39 is 0 Å². The van der Waals surface area contributed by atoms with Crippen molar-refractivity contribution in [3.63, 3.8) is 0 Å². The second-order valence-electron chi connectivity index (χ2n) is 6.59. The van der Waals surface area contributed by atoms with Gasteiger partial charge >= 0.3 is 0 Å². The molecule has 1 aliphatic heterocycles. The fourth-order valence-electron chi connectivity index (χ4n) is 3.48. The Hall–Kier alpha value is -2.15. The van der Waals surface area contributed by atoms with Crippen LogP contribution in [0.3, 0.4) is 0 Å². The highest BCUT2D eigenvalue weighted by Crippen LogP contribution is 2.33. The molecule has 2 aromatic heterocycles. The van der Waals surface area contributed by atoms with Crippen LogP contribution in [-0.2, 0) is 17.6 Å². The molecule has 0 saturated heterocycles. The molecule has 2 aromatic rings. The number of carbonyl (C=O) groups is 1. The first-order chi connectivity index (χ1) is 12.1. The molecular formula is C18H20N4O2S. The number of aromatic nitrogens is 3. The summed E-state index contributed by atoms with van der Waals surface area (Å²) in [5.74, 6) is 1.17. The number of carbonyl (C=O) groups excluding carboxylic acids is 1. The normalized spacial score (nSPS) is 18.5. The predicted molar refractivity (Wildman–Crippen MR) is 97.1 cm³/mol. The Labute approximate surface area is 150 Å². The lowest BCUT2D eigenvalue weighted by molar-refractivity contribution is -0.116. The van der Waals surface area contributed by atoms with Gasteiger partial charge in [-0.05, 0) is 44.2 Å². The summed E-state index contributed by atoms with van der Waals surface area (Å²) in [5.41, 5.74) is 2.79. The molecule has 0 saturated carbocycles. The molecule has 6 nitrogen and oxygen atoms in total. The van der Waals surface area contributed by atoms with E-state index in [1.807, 2.05) is 19.1 Å². The van der Waals surface area contributed by atoms with Gasteiger partial charge in [0.05, 0.1) is 11.7 Å². The summed E-state index contributed by atoms with van der Waals surface area (Å²) in [6.45, 7) is 1.91. The number of amides is 1. The minimum Gasteiger partial charge on any atom is -0.310 e. The number of hydrogen-bond donors (Lipinski definition) is 1. The van der Waals surface area contributed by atoms with Crippen molar-refractivity contribution in [3.8, 4) is 0 Å². The largest absolute Gasteiger partial charge is 0.310 e. The second-order valence-corrected chi connectivity index (χ2v) is 7.58. The maximum absolute atomic E-state index is 12.9. The van der Waals surface area contributed by atoms with Crippen LogP contribution >= 0.6 is 11.8 Å². The maximum Gasteiger partial charge on any atom is 0.257 e. The van der Waals surface area contributed by atoms with Gasteiger partial charge in [0, 0.05) is 23.9 Å². The molecule has 25 heavy (non-hydrogen) atoms. The van der Waals surface area contributed by atoms with E-state index in [2.05, 4.69) is 10.3 Å². The second kappa shape index (κ2) is 6.63. The zero-order valence-corrected chi connectivity index (χ0v) is 14.9. The van der Waals surface area contributed by atoms with Gasteiger partial charge in [-0.3, -0.25) is 14.2 Å². The third-order valence-corrected chi connectivity index (χ3v) is 5.91. The topological polar surface area (TPSA) is 76.9 Å². The van der Waals surface area contributed by atoms with Gasteiger partial charge in [-0.25, -0.2) is 9.97 Å². The summed E-state index contributed by atoms with van der Waals surface area (Å²) in [6.07, 6.45) is 5.75. The number of nitrogens with zero attached hydrogens (tertiary/aromatic N) is 3. The van der Waals surface area contributed by atoms with Gasteiger partial charge in [-0.1, -0.05) is 17.8 Å². The van der Waals surface area contributed by atoms with E-state index in [1.165, 1.54) is 0 Å². The van der Waals surface area contributed by atoms with E-state index in [0.717, 1.165) is 47.7 Å². The summed E-state index contributed by atoms with van der Waals surface area (Å²) in [5, 5.41) is 3.62. The smallest absolute Gasteiger partial charge is 0.257 e. The van der Waals surface area contributed by atoms with E-state index in [4.69, 9.17) is 4.98 Å². The van der Waals surface area contributed by atoms with Gasteiger partial charge in [0.2, 0.25) is 5.91 Å². The zero-order valence-electron chi connectivity index (χ0n) is 14.1. The lowest BCUT2D eigenvalue weighted by Crippen LogP contribution is -2.32. The van der Waals surface area contributed by atoms with E-state index in [0.29, 0.717) is 11.6 Å². The van der Waals surface area contributed by atoms with Crippen molar-refractivity contribution in [2.45, 2.75) is 50.2 Å². The van der Waals surface area contributed by atoms with Crippen molar-refractivity contribution in [1.82, 2.24) is 14.5 Å². The van der Waals surface area contributed by atoms with Crippen LogP contribution in [0.2, 0.25) is 0 Å². The molecule has 1 N–H and O–H groups in total. The highest BCUT2D eigenvalue weighted by atomic mass is 32.2. The molecule has 4 rings (SSSR count). The van der Waals surface area contributed by atoms with E-state index >= 15 is 0 Å². The molecule has 7 heteroatoms. The van der Waals surface area contributed by atoms with E-state index in [-0.39, 0.29) is 23.9 Å². The third-order valence-electron chi connectivity index (χ3n) is 4.81. The first-order valence-corrected chi connectivity index (χ1v) is 9.60. The number of anilines is 1. The van der Waals surface area contributed by atoms with Gasteiger partial charge in [-0.2, -0.15) is 0 Å². The fraction of sp³-hybridized carbons (Fsp3) is 0.444. The Morgan fingerprint density at radius 3 is 3.08 bits per heavy atom. The number of rotatable bonds is 3. The Morgan fingerprint density at radius 1 is 1.40 bits per heavy atom. The average molecular weight is 356 g/mol. The van der Waals surface area contributed by atoms with Gasteiger partial charge in [0.25, 0.3) is 5.56 Å². The van der Waals surface area contributed by atoms with Crippen molar-refractivity contribution < 1.29 is 4.79 Å². The molecule has 3 heterocycles. The Morgan fingerprint density at radius 2 is 2.24 bits per heavy atom. The Balaban J connectivity index is 1.56. The quantitative estimate of drug-likeness (QED) is 0.855. The van der Waals surface area contributed by atoms with E-state index in [1.54, 1.807) is 22.5 Å². The van der Waals surface area contributed by atoms with Crippen LogP contribution in [-0.4, -0.2) is 26.2 Å². The number of hydrogen-bond acceptors (Lipinski definition) is 5. The molecule has 0 radical (unpaired) electrons. The van der Waals surface area contributed by atoms with Crippen LogP contribution < -0.4 is 10.9 Å². The maximum atomic E-state index is 12.9. The summed E-state index contributed by atoms with van der Waals surface area (Å²) < 4.78 is 1.74. The van der Waals surface area contributed by atoms with Crippen LogP contribution in [0, 0.1) is 6.92 Å². The monoisotopic (exact) mass is 356 g/mol. The first kappa shape index (κ1) is 16.3. The summed E-state index contributed by atoms with van der Waals surface area (Å²) >= 11 is 1.57.